The minimum absolute atomic E-state index is 0.121. The molecule has 2 amide bonds. The van der Waals surface area contributed by atoms with Gasteiger partial charge < -0.3 is 19.7 Å². The number of para-hydroxylation sites is 1. The van der Waals surface area contributed by atoms with Gasteiger partial charge in [-0.15, -0.1) is 0 Å². The van der Waals surface area contributed by atoms with E-state index in [1.165, 1.54) is 11.9 Å². The van der Waals surface area contributed by atoms with E-state index in [0.717, 1.165) is 16.1 Å². The highest BCUT2D eigenvalue weighted by Gasteiger charge is 2.31. The number of carbonyl (C=O) groups excluding carboxylic acids is 2. The first-order valence-corrected chi connectivity index (χ1v) is 14.0. The summed E-state index contributed by atoms with van der Waals surface area (Å²) in [6.45, 7) is 1.45. The molecule has 10 heteroatoms. The topological polar surface area (TPSA) is 105 Å². The number of hydrogen-bond acceptors (Lipinski definition) is 6. The standard InChI is InChI=1S/C28H33N3O6S/c1-5-26(28(33)29-2)30(19-21-11-15-23(36-3)16-12-21)27(32)20-31(38(4,34)35)22-13-17-25(18-14-22)37-24-9-7-6-8-10-24/h6-18,26H,5,19-20H2,1-4H3,(H,29,33)/t26-/m0/s1. The van der Waals surface area contributed by atoms with Gasteiger partial charge in [0.25, 0.3) is 0 Å². The highest BCUT2D eigenvalue weighted by molar-refractivity contribution is 7.92. The highest BCUT2D eigenvalue weighted by atomic mass is 32.2. The molecule has 202 valence electrons. The molecule has 3 aromatic carbocycles. The van der Waals surface area contributed by atoms with E-state index in [9.17, 15) is 18.0 Å². The molecule has 0 fully saturated rings. The van der Waals surface area contributed by atoms with Gasteiger partial charge in [0, 0.05) is 13.6 Å². The van der Waals surface area contributed by atoms with E-state index in [4.69, 9.17) is 9.47 Å². The Morgan fingerprint density at radius 1 is 0.895 bits per heavy atom. The molecule has 0 aliphatic carbocycles. The number of benzene rings is 3. The van der Waals surface area contributed by atoms with Crippen LogP contribution in [-0.2, 0) is 26.2 Å². The van der Waals surface area contributed by atoms with E-state index in [0.29, 0.717) is 29.4 Å². The molecule has 0 radical (unpaired) electrons. The number of methoxy groups -OCH3 is 1. The largest absolute Gasteiger partial charge is 0.497 e. The number of hydrogen-bond donors (Lipinski definition) is 1. The fourth-order valence-electron chi connectivity index (χ4n) is 3.93. The molecule has 0 saturated heterocycles. The van der Waals surface area contributed by atoms with Crippen LogP contribution in [-0.4, -0.2) is 58.1 Å². The van der Waals surface area contributed by atoms with Crippen LogP contribution in [0.4, 0.5) is 5.69 Å². The maximum Gasteiger partial charge on any atom is 0.244 e. The maximum absolute atomic E-state index is 13.6. The van der Waals surface area contributed by atoms with E-state index >= 15 is 0 Å². The molecule has 0 saturated carbocycles. The fourth-order valence-corrected chi connectivity index (χ4v) is 4.78. The van der Waals surface area contributed by atoms with Gasteiger partial charge in [-0.1, -0.05) is 37.3 Å². The van der Waals surface area contributed by atoms with Crippen molar-refractivity contribution < 1.29 is 27.5 Å². The monoisotopic (exact) mass is 539 g/mol. The van der Waals surface area contributed by atoms with Crippen LogP contribution < -0.4 is 19.1 Å². The van der Waals surface area contributed by atoms with Crippen molar-refractivity contribution in [1.82, 2.24) is 10.2 Å². The number of carbonyl (C=O) groups is 2. The summed E-state index contributed by atoms with van der Waals surface area (Å²) in [5.41, 5.74) is 1.08. The molecule has 0 aromatic heterocycles. The molecular weight excluding hydrogens is 506 g/mol. The molecule has 3 rings (SSSR count). The number of anilines is 1. The summed E-state index contributed by atoms with van der Waals surface area (Å²) in [5, 5.41) is 2.60. The van der Waals surface area contributed by atoms with Gasteiger partial charge in [0.05, 0.1) is 19.1 Å². The summed E-state index contributed by atoms with van der Waals surface area (Å²) in [7, 11) is -0.768. The molecule has 1 atom stereocenters. The van der Waals surface area contributed by atoms with E-state index in [2.05, 4.69) is 5.32 Å². The number of nitrogens with one attached hydrogen (secondary N) is 1. The Balaban J connectivity index is 1.87. The third-order valence-electron chi connectivity index (χ3n) is 5.93. The minimum atomic E-state index is -3.83. The first-order chi connectivity index (χ1) is 18.2. The van der Waals surface area contributed by atoms with Crippen LogP contribution in [0.2, 0.25) is 0 Å². The van der Waals surface area contributed by atoms with Crippen molar-refractivity contribution in [2.75, 3.05) is 31.3 Å². The van der Waals surface area contributed by atoms with Crippen molar-refractivity contribution in [3.63, 3.8) is 0 Å². The van der Waals surface area contributed by atoms with Crippen LogP contribution in [0.1, 0.15) is 18.9 Å². The third kappa shape index (κ3) is 7.48. The van der Waals surface area contributed by atoms with Crippen LogP contribution in [0.5, 0.6) is 17.2 Å². The van der Waals surface area contributed by atoms with Gasteiger partial charge >= 0.3 is 0 Å². The first kappa shape index (κ1) is 28.5. The summed E-state index contributed by atoms with van der Waals surface area (Å²) in [4.78, 5) is 27.7. The Bertz CT molecular complexity index is 1310. The Kier molecular flexibility index (Phi) is 9.72. The van der Waals surface area contributed by atoms with Crippen molar-refractivity contribution in [3.05, 3.63) is 84.4 Å². The number of likely N-dealkylation sites (N-methyl/N-ethyl adjacent to an activating group) is 1. The molecule has 0 unspecified atom stereocenters. The Labute approximate surface area is 224 Å². The van der Waals surface area contributed by atoms with Crippen LogP contribution in [0, 0.1) is 0 Å². The lowest BCUT2D eigenvalue weighted by atomic mass is 10.1. The summed E-state index contributed by atoms with van der Waals surface area (Å²) >= 11 is 0. The fraction of sp³-hybridized carbons (Fsp3) is 0.286. The molecule has 0 aliphatic rings. The van der Waals surface area contributed by atoms with Crippen LogP contribution >= 0.6 is 0 Å². The highest BCUT2D eigenvalue weighted by Crippen LogP contribution is 2.26. The quantitative estimate of drug-likeness (QED) is 0.375. The second kappa shape index (κ2) is 13.0. The van der Waals surface area contributed by atoms with Crippen molar-refractivity contribution in [1.29, 1.82) is 0 Å². The smallest absolute Gasteiger partial charge is 0.244 e. The Hall–Kier alpha value is -4.05. The maximum atomic E-state index is 13.6. The van der Waals surface area contributed by atoms with Gasteiger partial charge in [0.15, 0.2) is 0 Å². The van der Waals surface area contributed by atoms with Gasteiger partial charge in [-0.2, -0.15) is 0 Å². The van der Waals surface area contributed by atoms with E-state index in [-0.39, 0.29) is 12.5 Å². The predicted octanol–water partition coefficient (Wildman–Crippen LogP) is 3.81. The molecular formula is C28H33N3O6S. The van der Waals surface area contributed by atoms with Crippen LogP contribution in [0.25, 0.3) is 0 Å². The zero-order chi connectivity index (χ0) is 27.7. The molecule has 3 aromatic rings. The third-order valence-corrected chi connectivity index (χ3v) is 7.07. The number of sulfonamides is 1. The molecule has 9 nitrogen and oxygen atoms in total. The zero-order valence-corrected chi connectivity index (χ0v) is 22.8. The molecule has 38 heavy (non-hydrogen) atoms. The van der Waals surface area contributed by atoms with Crippen molar-refractivity contribution in [3.8, 4) is 17.2 Å². The number of nitrogens with zero attached hydrogens (tertiary/aromatic N) is 2. The molecule has 0 spiro atoms. The SMILES string of the molecule is CC[C@@H](C(=O)NC)N(Cc1ccc(OC)cc1)C(=O)CN(c1ccc(Oc2ccccc2)cc1)S(C)(=O)=O. The van der Waals surface area contributed by atoms with E-state index in [1.807, 2.05) is 30.3 Å². The first-order valence-electron chi connectivity index (χ1n) is 12.1. The van der Waals surface area contributed by atoms with Gasteiger partial charge in [0.1, 0.15) is 29.8 Å². The second-order valence-electron chi connectivity index (χ2n) is 8.59. The summed E-state index contributed by atoms with van der Waals surface area (Å²) in [6.07, 6.45) is 1.39. The minimum Gasteiger partial charge on any atom is -0.497 e. The van der Waals surface area contributed by atoms with Crippen molar-refractivity contribution in [2.45, 2.75) is 25.9 Å². The van der Waals surface area contributed by atoms with Crippen LogP contribution in [0.15, 0.2) is 78.9 Å². The van der Waals surface area contributed by atoms with Gasteiger partial charge in [-0.25, -0.2) is 8.42 Å². The molecule has 0 aliphatic heterocycles. The Morgan fingerprint density at radius 3 is 2.00 bits per heavy atom. The lowest BCUT2D eigenvalue weighted by Gasteiger charge is -2.32. The lowest BCUT2D eigenvalue weighted by Crippen LogP contribution is -2.51. The summed E-state index contributed by atoms with van der Waals surface area (Å²) in [6, 6.07) is 22.0. The number of ether oxygens (including phenoxy) is 2. The van der Waals surface area contributed by atoms with E-state index in [1.54, 1.807) is 62.6 Å². The molecule has 0 heterocycles. The van der Waals surface area contributed by atoms with Crippen molar-refractivity contribution >= 4 is 27.5 Å². The zero-order valence-electron chi connectivity index (χ0n) is 22.0. The average Bonchev–Trinajstić information content (AvgIpc) is 2.92. The molecule has 1 N–H and O–H groups in total. The summed E-state index contributed by atoms with van der Waals surface area (Å²) < 4.78 is 37.5. The van der Waals surface area contributed by atoms with Crippen molar-refractivity contribution in [2.24, 2.45) is 0 Å². The van der Waals surface area contributed by atoms with Gasteiger partial charge in [-0.05, 0) is 60.5 Å². The average molecular weight is 540 g/mol. The Morgan fingerprint density at radius 2 is 1.47 bits per heavy atom. The lowest BCUT2D eigenvalue weighted by molar-refractivity contribution is -0.140. The number of amides is 2. The normalized spacial score (nSPS) is 11.8. The predicted molar refractivity (Wildman–Crippen MR) is 147 cm³/mol. The summed E-state index contributed by atoms with van der Waals surface area (Å²) in [5.74, 6) is 0.984. The van der Waals surface area contributed by atoms with Gasteiger partial charge in [0.2, 0.25) is 21.8 Å². The second-order valence-corrected chi connectivity index (χ2v) is 10.5. The number of rotatable bonds is 12. The van der Waals surface area contributed by atoms with Crippen LogP contribution in [0.3, 0.4) is 0 Å². The van der Waals surface area contributed by atoms with E-state index < -0.39 is 28.5 Å². The van der Waals surface area contributed by atoms with Gasteiger partial charge in [-0.3, -0.25) is 13.9 Å². The molecule has 0 bridgehead atoms.